The van der Waals surface area contributed by atoms with E-state index < -0.39 is 10.2 Å². The van der Waals surface area contributed by atoms with Crippen LogP contribution in [0.3, 0.4) is 0 Å². The third-order valence-corrected chi connectivity index (χ3v) is 4.99. The quantitative estimate of drug-likeness (QED) is 0.611. The molecular formula is C13H28N2O4S. The minimum Gasteiger partial charge on any atom is -0.396 e. The zero-order chi connectivity index (χ0) is 15.0. The van der Waals surface area contributed by atoms with Crippen LogP contribution in [0.5, 0.6) is 0 Å². The van der Waals surface area contributed by atoms with E-state index in [1.165, 1.54) is 4.31 Å². The van der Waals surface area contributed by atoms with Gasteiger partial charge in [0.15, 0.2) is 0 Å². The van der Waals surface area contributed by atoms with E-state index in [0.29, 0.717) is 45.2 Å². The first-order valence-electron chi connectivity index (χ1n) is 7.39. The maximum atomic E-state index is 12.0. The van der Waals surface area contributed by atoms with Gasteiger partial charge in [0.1, 0.15) is 0 Å². The number of nitrogens with zero attached hydrogens (tertiary/aromatic N) is 1. The van der Waals surface area contributed by atoms with Crippen LogP contribution in [0.2, 0.25) is 0 Å². The van der Waals surface area contributed by atoms with E-state index in [4.69, 9.17) is 9.84 Å². The molecule has 6 nitrogen and oxygen atoms in total. The van der Waals surface area contributed by atoms with Crippen LogP contribution in [0.4, 0.5) is 0 Å². The van der Waals surface area contributed by atoms with Gasteiger partial charge < -0.3 is 9.84 Å². The van der Waals surface area contributed by atoms with E-state index in [2.05, 4.69) is 18.6 Å². The molecule has 0 aliphatic carbocycles. The summed E-state index contributed by atoms with van der Waals surface area (Å²) < 4.78 is 33.5. The molecule has 0 aromatic carbocycles. The molecule has 0 aromatic rings. The predicted octanol–water partition coefficient (Wildman–Crippen LogP) is 0.588. The van der Waals surface area contributed by atoms with Crippen LogP contribution < -0.4 is 4.72 Å². The van der Waals surface area contributed by atoms with Gasteiger partial charge in [-0.15, -0.1) is 0 Å². The van der Waals surface area contributed by atoms with Crippen molar-refractivity contribution in [1.29, 1.82) is 0 Å². The Morgan fingerprint density at radius 1 is 1.35 bits per heavy atom. The lowest BCUT2D eigenvalue weighted by atomic mass is 10.00. The normalized spacial score (nSPS) is 18.8. The van der Waals surface area contributed by atoms with E-state index in [1.807, 2.05) is 0 Å². The molecule has 1 heterocycles. The zero-order valence-electron chi connectivity index (χ0n) is 12.5. The lowest BCUT2D eigenvalue weighted by Gasteiger charge is -2.30. The van der Waals surface area contributed by atoms with Crippen LogP contribution in [0.15, 0.2) is 0 Å². The topological polar surface area (TPSA) is 78.9 Å². The van der Waals surface area contributed by atoms with Crippen molar-refractivity contribution in [3.8, 4) is 0 Å². The molecule has 1 saturated heterocycles. The molecule has 0 amide bonds. The summed E-state index contributed by atoms with van der Waals surface area (Å²) in [6.45, 7) is 6.98. The first-order chi connectivity index (χ1) is 9.45. The molecule has 2 N–H and O–H groups in total. The lowest BCUT2D eigenvalue weighted by molar-refractivity contribution is 0.108. The fourth-order valence-electron chi connectivity index (χ4n) is 2.12. The molecule has 20 heavy (non-hydrogen) atoms. The second kappa shape index (κ2) is 8.94. The Labute approximate surface area is 122 Å². The zero-order valence-corrected chi connectivity index (χ0v) is 13.4. The highest BCUT2D eigenvalue weighted by Crippen LogP contribution is 2.18. The number of ether oxygens (including phenoxy) is 1. The van der Waals surface area contributed by atoms with E-state index >= 15 is 0 Å². The molecule has 0 unspecified atom stereocenters. The summed E-state index contributed by atoms with van der Waals surface area (Å²) in [5, 5.41) is 9.05. The first-order valence-corrected chi connectivity index (χ1v) is 8.83. The SMILES string of the molecule is CC(C)COCCCNS(=O)(=O)N1CCC(CO)CC1. The van der Waals surface area contributed by atoms with Crippen LogP contribution in [0.25, 0.3) is 0 Å². The Morgan fingerprint density at radius 2 is 2.00 bits per heavy atom. The van der Waals surface area contributed by atoms with Gasteiger partial charge in [0.25, 0.3) is 10.2 Å². The summed E-state index contributed by atoms with van der Waals surface area (Å²) in [6, 6.07) is 0. The third kappa shape index (κ3) is 6.49. The number of hydrogen-bond acceptors (Lipinski definition) is 4. The van der Waals surface area contributed by atoms with Crippen molar-refractivity contribution in [2.24, 2.45) is 11.8 Å². The summed E-state index contributed by atoms with van der Waals surface area (Å²) in [4.78, 5) is 0. The third-order valence-electron chi connectivity index (χ3n) is 3.37. The maximum Gasteiger partial charge on any atom is 0.279 e. The van der Waals surface area contributed by atoms with Gasteiger partial charge in [0, 0.05) is 39.5 Å². The monoisotopic (exact) mass is 308 g/mol. The summed E-state index contributed by atoms with van der Waals surface area (Å²) in [5.74, 6) is 0.741. The van der Waals surface area contributed by atoms with Crippen LogP contribution in [0, 0.1) is 11.8 Å². The summed E-state index contributed by atoms with van der Waals surface area (Å²) in [6.07, 6.45) is 2.14. The van der Waals surface area contributed by atoms with Gasteiger partial charge in [-0.2, -0.15) is 12.7 Å². The van der Waals surface area contributed by atoms with Crippen molar-refractivity contribution < 1.29 is 18.3 Å². The molecule has 1 aliphatic rings. The van der Waals surface area contributed by atoms with Crippen LogP contribution >= 0.6 is 0 Å². The van der Waals surface area contributed by atoms with Gasteiger partial charge in [-0.3, -0.25) is 0 Å². The molecule has 120 valence electrons. The van der Waals surface area contributed by atoms with Crippen LogP contribution in [0.1, 0.15) is 33.1 Å². The van der Waals surface area contributed by atoms with E-state index in [-0.39, 0.29) is 12.5 Å². The second-order valence-corrected chi connectivity index (χ2v) is 7.50. The maximum absolute atomic E-state index is 12.0. The molecule has 0 spiro atoms. The van der Waals surface area contributed by atoms with Crippen molar-refractivity contribution >= 4 is 10.2 Å². The Kier molecular flexibility index (Phi) is 7.98. The largest absolute Gasteiger partial charge is 0.396 e. The van der Waals surface area contributed by atoms with Crippen molar-refractivity contribution in [2.75, 3.05) is 39.5 Å². The van der Waals surface area contributed by atoms with Crippen LogP contribution in [-0.4, -0.2) is 57.3 Å². The molecule has 0 atom stereocenters. The number of nitrogens with one attached hydrogen (secondary N) is 1. The molecular weight excluding hydrogens is 280 g/mol. The van der Waals surface area contributed by atoms with Gasteiger partial charge in [-0.25, -0.2) is 4.72 Å². The number of aliphatic hydroxyl groups excluding tert-OH is 1. The van der Waals surface area contributed by atoms with Crippen molar-refractivity contribution in [2.45, 2.75) is 33.1 Å². The molecule has 0 saturated carbocycles. The van der Waals surface area contributed by atoms with Gasteiger partial charge >= 0.3 is 0 Å². The standard InChI is InChI=1S/C13H28N2O4S/c1-12(2)11-19-9-3-6-14-20(17,18)15-7-4-13(10-16)5-8-15/h12-14,16H,3-11H2,1-2H3. The van der Waals surface area contributed by atoms with Gasteiger partial charge in [0.2, 0.25) is 0 Å². The van der Waals surface area contributed by atoms with E-state index in [0.717, 1.165) is 12.8 Å². The number of piperidine rings is 1. The Bertz CT molecular complexity index is 351. The lowest BCUT2D eigenvalue weighted by Crippen LogP contribution is -2.45. The van der Waals surface area contributed by atoms with Crippen LogP contribution in [-0.2, 0) is 14.9 Å². The highest BCUT2D eigenvalue weighted by atomic mass is 32.2. The fraction of sp³-hybridized carbons (Fsp3) is 1.00. The molecule has 1 aliphatic heterocycles. The van der Waals surface area contributed by atoms with Gasteiger partial charge in [0.05, 0.1) is 0 Å². The van der Waals surface area contributed by atoms with E-state index in [9.17, 15) is 8.42 Å². The average molecular weight is 308 g/mol. The highest BCUT2D eigenvalue weighted by molar-refractivity contribution is 7.87. The smallest absolute Gasteiger partial charge is 0.279 e. The van der Waals surface area contributed by atoms with Crippen molar-refractivity contribution in [1.82, 2.24) is 9.03 Å². The average Bonchev–Trinajstić information content (AvgIpc) is 2.42. The fourth-order valence-corrected chi connectivity index (χ4v) is 3.39. The summed E-state index contributed by atoms with van der Waals surface area (Å²) in [5.41, 5.74) is 0. The molecule has 0 bridgehead atoms. The summed E-state index contributed by atoms with van der Waals surface area (Å²) >= 11 is 0. The Balaban J connectivity index is 2.18. The van der Waals surface area contributed by atoms with Crippen molar-refractivity contribution in [3.63, 3.8) is 0 Å². The highest BCUT2D eigenvalue weighted by Gasteiger charge is 2.26. The summed E-state index contributed by atoms with van der Waals surface area (Å²) in [7, 11) is -3.37. The van der Waals surface area contributed by atoms with Gasteiger partial charge in [-0.1, -0.05) is 13.8 Å². The van der Waals surface area contributed by atoms with Gasteiger partial charge in [-0.05, 0) is 31.1 Å². The predicted molar refractivity (Wildman–Crippen MR) is 78.6 cm³/mol. The Hall–Kier alpha value is -0.210. The molecule has 0 aromatic heterocycles. The minimum absolute atomic E-state index is 0.147. The molecule has 7 heteroatoms. The van der Waals surface area contributed by atoms with Crippen molar-refractivity contribution in [3.05, 3.63) is 0 Å². The minimum atomic E-state index is -3.37. The molecule has 1 fully saturated rings. The molecule has 1 rings (SSSR count). The number of hydrogen-bond donors (Lipinski definition) is 2. The second-order valence-electron chi connectivity index (χ2n) is 5.75. The Morgan fingerprint density at radius 3 is 2.55 bits per heavy atom. The molecule has 0 radical (unpaired) electrons. The number of aliphatic hydroxyl groups is 1. The van der Waals surface area contributed by atoms with E-state index in [1.54, 1.807) is 0 Å². The first kappa shape index (κ1) is 17.8. The number of rotatable bonds is 9.